The van der Waals surface area contributed by atoms with E-state index in [1.807, 2.05) is 6.92 Å². The SMILES string of the molecule is Cc1ccc2c(c1)OC(C)(CO)CCCC2. The lowest BCUT2D eigenvalue weighted by molar-refractivity contribution is 0.0128. The van der Waals surface area contributed by atoms with Gasteiger partial charge in [-0.25, -0.2) is 0 Å². The molecule has 2 nitrogen and oxygen atoms in total. The molecule has 0 spiro atoms. The lowest BCUT2D eigenvalue weighted by atomic mass is 9.94. The number of hydrogen-bond acceptors (Lipinski definition) is 2. The fraction of sp³-hybridized carbons (Fsp3) is 0.571. The highest BCUT2D eigenvalue weighted by atomic mass is 16.5. The van der Waals surface area contributed by atoms with Gasteiger partial charge in [-0.3, -0.25) is 0 Å². The molecular weight excluding hydrogens is 200 g/mol. The van der Waals surface area contributed by atoms with Gasteiger partial charge < -0.3 is 9.84 Å². The Morgan fingerprint density at radius 3 is 2.94 bits per heavy atom. The van der Waals surface area contributed by atoms with Crippen LogP contribution in [0, 0.1) is 6.92 Å². The number of hydrogen-bond donors (Lipinski definition) is 1. The van der Waals surface area contributed by atoms with E-state index < -0.39 is 5.60 Å². The van der Waals surface area contributed by atoms with Gasteiger partial charge >= 0.3 is 0 Å². The Balaban J connectivity index is 2.34. The molecule has 1 aliphatic rings. The Morgan fingerprint density at radius 1 is 1.38 bits per heavy atom. The summed E-state index contributed by atoms with van der Waals surface area (Å²) in [7, 11) is 0. The fourth-order valence-corrected chi connectivity index (χ4v) is 2.21. The van der Waals surface area contributed by atoms with Crippen molar-refractivity contribution < 1.29 is 9.84 Å². The van der Waals surface area contributed by atoms with E-state index in [9.17, 15) is 5.11 Å². The minimum absolute atomic E-state index is 0.0837. The Kier molecular flexibility index (Phi) is 3.20. The maximum absolute atomic E-state index is 9.44. The maximum atomic E-state index is 9.44. The maximum Gasteiger partial charge on any atom is 0.129 e. The molecule has 0 bridgehead atoms. The van der Waals surface area contributed by atoms with E-state index in [2.05, 4.69) is 25.1 Å². The molecule has 1 aromatic carbocycles. The number of aliphatic hydroxyl groups is 1. The van der Waals surface area contributed by atoms with E-state index in [0.717, 1.165) is 25.0 Å². The van der Waals surface area contributed by atoms with Gasteiger partial charge in [0.15, 0.2) is 0 Å². The Morgan fingerprint density at radius 2 is 2.19 bits per heavy atom. The summed E-state index contributed by atoms with van der Waals surface area (Å²) in [6, 6.07) is 6.35. The van der Waals surface area contributed by atoms with Gasteiger partial charge in [0.05, 0.1) is 6.61 Å². The second kappa shape index (κ2) is 4.46. The number of rotatable bonds is 1. The highest BCUT2D eigenvalue weighted by Crippen LogP contribution is 2.31. The van der Waals surface area contributed by atoms with E-state index in [1.165, 1.54) is 17.5 Å². The van der Waals surface area contributed by atoms with Crippen molar-refractivity contribution in [2.45, 2.75) is 45.1 Å². The Hall–Kier alpha value is -1.02. The lowest BCUT2D eigenvalue weighted by Gasteiger charge is -2.32. The Labute approximate surface area is 97.3 Å². The summed E-state index contributed by atoms with van der Waals surface area (Å²) < 4.78 is 6.00. The van der Waals surface area contributed by atoms with Gasteiger partial charge in [0.1, 0.15) is 11.4 Å². The molecule has 0 aliphatic carbocycles. The highest BCUT2D eigenvalue weighted by molar-refractivity contribution is 5.38. The van der Waals surface area contributed by atoms with Gasteiger partial charge in [-0.1, -0.05) is 12.1 Å². The van der Waals surface area contributed by atoms with Crippen LogP contribution in [0.3, 0.4) is 0 Å². The highest BCUT2D eigenvalue weighted by Gasteiger charge is 2.27. The van der Waals surface area contributed by atoms with Gasteiger partial charge in [0, 0.05) is 0 Å². The molecule has 16 heavy (non-hydrogen) atoms. The summed E-state index contributed by atoms with van der Waals surface area (Å²) in [5.74, 6) is 0.955. The third-order valence-corrected chi connectivity index (χ3v) is 3.32. The molecule has 1 unspecified atom stereocenters. The normalized spacial score (nSPS) is 25.2. The molecule has 2 heteroatoms. The Bertz CT molecular complexity index is 373. The van der Waals surface area contributed by atoms with Gasteiger partial charge in [-0.05, 0) is 56.7 Å². The first kappa shape index (κ1) is 11.5. The molecule has 88 valence electrons. The summed E-state index contributed by atoms with van der Waals surface area (Å²) >= 11 is 0. The molecule has 0 saturated carbocycles. The molecule has 0 aromatic heterocycles. The van der Waals surface area contributed by atoms with Crippen LogP contribution < -0.4 is 4.74 Å². The average molecular weight is 220 g/mol. The van der Waals surface area contributed by atoms with E-state index >= 15 is 0 Å². The topological polar surface area (TPSA) is 29.5 Å². The molecule has 0 fully saturated rings. The largest absolute Gasteiger partial charge is 0.485 e. The van der Waals surface area contributed by atoms with Crippen molar-refractivity contribution in [2.24, 2.45) is 0 Å². The van der Waals surface area contributed by atoms with Crippen molar-refractivity contribution in [2.75, 3.05) is 6.61 Å². The monoisotopic (exact) mass is 220 g/mol. The van der Waals surface area contributed by atoms with Crippen LogP contribution in [0.15, 0.2) is 18.2 Å². The third kappa shape index (κ3) is 2.38. The summed E-state index contributed by atoms with van der Waals surface area (Å²) in [5.41, 5.74) is 2.06. The van der Waals surface area contributed by atoms with Crippen molar-refractivity contribution in [1.82, 2.24) is 0 Å². The molecule has 1 heterocycles. The van der Waals surface area contributed by atoms with Crippen LogP contribution in [0.4, 0.5) is 0 Å². The quantitative estimate of drug-likeness (QED) is 0.788. The second-order valence-corrected chi connectivity index (χ2v) is 5.03. The molecule has 1 aromatic rings. The average Bonchev–Trinajstić information content (AvgIpc) is 2.24. The molecule has 0 amide bonds. The van der Waals surface area contributed by atoms with Crippen LogP contribution in [-0.2, 0) is 6.42 Å². The van der Waals surface area contributed by atoms with E-state index in [-0.39, 0.29) is 6.61 Å². The summed E-state index contributed by atoms with van der Waals surface area (Å²) in [4.78, 5) is 0. The van der Waals surface area contributed by atoms with E-state index in [1.54, 1.807) is 0 Å². The van der Waals surface area contributed by atoms with Crippen LogP contribution in [-0.4, -0.2) is 17.3 Å². The molecular formula is C14H20O2. The number of benzene rings is 1. The minimum atomic E-state index is -0.414. The first-order chi connectivity index (χ1) is 7.63. The molecule has 2 rings (SSSR count). The molecule has 0 saturated heterocycles. The summed E-state index contributed by atoms with van der Waals surface area (Å²) in [6.07, 6.45) is 4.30. The number of fused-ring (bicyclic) bond motifs is 1. The van der Waals surface area contributed by atoms with Crippen molar-refractivity contribution in [3.8, 4) is 5.75 Å². The summed E-state index contributed by atoms with van der Waals surface area (Å²) in [5, 5.41) is 9.44. The van der Waals surface area contributed by atoms with Gasteiger partial charge in [0.2, 0.25) is 0 Å². The molecule has 1 atom stereocenters. The third-order valence-electron chi connectivity index (χ3n) is 3.32. The van der Waals surface area contributed by atoms with Gasteiger partial charge in [-0.2, -0.15) is 0 Å². The number of aryl methyl sites for hydroxylation is 2. The van der Waals surface area contributed by atoms with Crippen molar-refractivity contribution >= 4 is 0 Å². The first-order valence-electron chi connectivity index (χ1n) is 6.02. The van der Waals surface area contributed by atoms with Crippen LogP contribution in [0.2, 0.25) is 0 Å². The van der Waals surface area contributed by atoms with Gasteiger partial charge in [0.25, 0.3) is 0 Å². The zero-order valence-corrected chi connectivity index (χ0v) is 10.1. The van der Waals surface area contributed by atoms with Crippen LogP contribution in [0.25, 0.3) is 0 Å². The molecule has 0 radical (unpaired) electrons. The number of ether oxygens (including phenoxy) is 1. The zero-order valence-electron chi connectivity index (χ0n) is 10.1. The molecule has 1 N–H and O–H groups in total. The zero-order chi connectivity index (χ0) is 11.6. The number of aliphatic hydroxyl groups excluding tert-OH is 1. The fourth-order valence-electron chi connectivity index (χ4n) is 2.21. The lowest BCUT2D eigenvalue weighted by Crippen LogP contribution is -2.37. The molecule has 1 aliphatic heterocycles. The van der Waals surface area contributed by atoms with Crippen LogP contribution >= 0.6 is 0 Å². The van der Waals surface area contributed by atoms with E-state index in [4.69, 9.17) is 4.74 Å². The van der Waals surface area contributed by atoms with Crippen molar-refractivity contribution in [1.29, 1.82) is 0 Å². The summed E-state index contributed by atoms with van der Waals surface area (Å²) in [6.45, 7) is 4.14. The van der Waals surface area contributed by atoms with Crippen LogP contribution in [0.1, 0.15) is 37.3 Å². The first-order valence-corrected chi connectivity index (χ1v) is 6.02. The van der Waals surface area contributed by atoms with Crippen LogP contribution in [0.5, 0.6) is 5.75 Å². The predicted molar refractivity (Wildman–Crippen MR) is 64.9 cm³/mol. The smallest absolute Gasteiger partial charge is 0.129 e. The standard InChI is InChI=1S/C14H20O2/c1-11-6-7-12-5-3-4-8-14(2,10-15)16-13(12)9-11/h6-7,9,15H,3-5,8,10H2,1-2H3. The minimum Gasteiger partial charge on any atom is -0.485 e. The van der Waals surface area contributed by atoms with Crippen molar-refractivity contribution in [3.05, 3.63) is 29.3 Å². The predicted octanol–water partition coefficient (Wildman–Crippen LogP) is 2.85. The van der Waals surface area contributed by atoms with Crippen molar-refractivity contribution in [3.63, 3.8) is 0 Å². The van der Waals surface area contributed by atoms with Gasteiger partial charge in [-0.15, -0.1) is 0 Å². The van der Waals surface area contributed by atoms with E-state index in [0.29, 0.717) is 0 Å². The second-order valence-electron chi connectivity index (χ2n) is 5.03.